The molecular formula is C16H21N5O5. The number of aromatic amines is 1. The molecule has 2 heterocycles. The quantitative estimate of drug-likeness (QED) is 0.454. The van der Waals surface area contributed by atoms with Crippen LogP contribution in [0.25, 0.3) is 11.2 Å². The lowest BCUT2D eigenvalue weighted by molar-refractivity contribution is -0.119. The van der Waals surface area contributed by atoms with E-state index in [9.17, 15) is 24.6 Å². The van der Waals surface area contributed by atoms with Crippen LogP contribution in [0.5, 0.6) is 0 Å². The van der Waals surface area contributed by atoms with Crippen LogP contribution >= 0.6 is 0 Å². The van der Waals surface area contributed by atoms with Crippen molar-refractivity contribution in [1.82, 2.24) is 24.4 Å². The van der Waals surface area contributed by atoms with E-state index in [0.29, 0.717) is 0 Å². The highest BCUT2D eigenvalue weighted by molar-refractivity contribution is 5.72. The van der Waals surface area contributed by atoms with Crippen LogP contribution in [-0.2, 0) is 18.4 Å². The molecule has 26 heavy (non-hydrogen) atoms. The fourth-order valence-corrected chi connectivity index (χ4v) is 2.52. The molecule has 2 aromatic heterocycles. The summed E-state index contributed by atoms with van der Waals surface area (Å²) in [5, 5.41) is 23.2. The number of rotatable bonds is 6. The molecule has 2 rings (SSSR count). The van der Waals surface area contributed by atoms with Crippen molar-refractivity contribution in [2.75, 3.05) is 6.54 Å². The Kier molecular flexibility index (Phi) is 5.97. The molecular weight excluding hydrogens is 342 g/mol. The van der Waals surface area contributed by atoms with Crippen molar-refractivity contribution < 1.29 is 15.0 Å². The number of imidazole rings is 1. The zero-order chi connectivity index (χ0) is 19.4. The van der Waals surface area contributed by atoms with E-state index in [0.717, 1.165) is 4.57 Å². The number of aromatic nitrogens is 4. The van der Waals surface area contributed by atoms with E-state index < -0.39 is 23.5 Å². The fourth-order valence-electron chi connectivity index (χ4n) is 2.52. The van der Waals surface area contributed by atoms with Crippen molar-refractivity contribution >= 4 is 17.1 Å². The number of carbonyl (C=O) groups is 1. The lowest BCUT2D eigenvalue weighted by Crippen LogP contribution is -2.30. The van der Waals surface area contributed by atoms with E-state index in [1.54, 1.807) is 6.92 Å². The molecule has 0 aliphatic heterocycles. The molecule has 0 fully saturated rings. The third-order valence-corrected chi connectivity index (χ3v) is 3.89. The summed E-state index contributed by atoms with van der Waals surface area (Å²) in [6, 6.07) is 0. The summed E-state index contributed by atoms with van der Waals surface area (Å²) < 4.78 is 2.52. The second kappa shape index (κ2) is 7.99. The molecule has 0 spiro atoms. The Bertz CT molecular complexity index is 991. The molecule has 0 aromatic carbocycles. The van der Waals surface area contributed by atoms with Gasteiger partial charge in [0.2, 0.25) is 5.91 Å². The monoisotopic (exact) mass is 363 g/mol. The summed E-state index contributed by atoms with van der Waals surface area (Å²) in [5.74, 6) is 5.23. The van der Waals surface area contributed by atoms with Gasteiger partial charge in [-0.05, 0) is 13.3 Å². The molecule has 10 heteroatoms. The largest absolute Gasteiger partial charge is 0.390 e. The molecule has 0 aliphatic rings. The zero-order valence-corrected chi connectivity index (χ0v) is 14.7. The van der Waals surface area contributed by atoms with Crippen molar-refractivity contribution in [3.63, 3.8) is 0 Å². The topological polar surface area (TPSA) is 142 Å². The van der Waals surface area contributed by atoms with Crippen LogP contribution in [0.15, 0.2) is 9.59 Å². The number of hydrogen-bond donors (Lipinski definition) is 4. The van der Waals surface area contributed by atoms with Gasteiger partial charge in [0.05, 0.1) is 12.6 Å². The van der Waals surface area contributed by atoms with Crippen LogP contribution in [0.3, 0.4) is 0 Å². The van der Waals surface area contributed by atoms with Gasteiger partial charge in [-0.1, -0.05) is 5.92 Å². The fraction of sp³-hybridized carbons (Fsp3) is 0.500. The van der Waals surface area contributed by atoms with Crippen LogP contribution in [0, 0.1) is 11.8 Å². The summed E-state index contributed by atoms with van der Waals surface area (Å²) >= 11 is 0. The van der Waals surface area contributed by atoms with E-state index in [4.69, 9.17) is 0 Å². The van der Waals surface area contributed by atoms with Crippen molar-refractivity contribution in [2.24, 2.45) is 7.05 Å². The second-order valence-corrected chi connectivity index (χ2v) is 5.76. The third-order valence-electron chi connectivity index (χ3n) is 3.89. The minimum absolute atomic E-state index is 0.0183. The van der Waals surface area contributed by atoms with Crippen molar-refractivity contribution in [2.45, 2.75) is 39.0 Å². The average Bonchev–Trinajstić information content (AvgIpc) is 2.96. The average molecular weight is 363 g/mol. The molecule has 1 amide bonds. The maximum absolute atomic E-state index is 12.2. The summed E-state index contributed by atoms with van der Waals surface area (Å²) in [6.07, 6.45) is -2.58. The van der Waals surface area contributed by atoms with Gasteiger partial charge in [-0.3, -0.25) is 19.1 Å². The van der Waals surface area contributed by atoms with Gasteiger partial charge in [0.25, 0.3) is 5.56 Å². The highest BCUT2D eigenvalue weighted by atomic mass is 16.3. The first kappa shape index (κ1) is 19.4. The SMILES string of the molecule is CC#CCn1c(C(O)C(O)CCNC(C)=O)nc2c1c(=O)[nH]c(=O)n2C. The maximum Gasteiger partial charge on any atom is 0.329 e. The van der Waals surface area contributed by atoms with Gasteiger partial charge < -0.3 is 20.1 Å². The number of amides is 1. The molecule has 0 aliphatic carbocycles. The summed E-state index contributed by atoms with van der Waals surface area (Å²) in [6.45, 7) is 3.19. The van der Waals surface area contributed by atoms with E-state index >= 15 is 0 Å². The van der Waals surface area contributed by atoms with Crippen LogP contribution in [0.4, 0.5) is 0 Å². The molecule has 4 N–H and O–H groups in total. The Hall–Kier alpha value is -2.90. The molecule has 0 saturated heterocycles. The summed E-state index contributed by atoms with van der Waals surface area (Å²) in [7, 11) is 1.44. The van der Waals surface area contributed by atoms with Gasteiger partial charge in [0.1, 0.15) is 11.9 Å². The first-order chi connectivity index (χ1) is 12.3. The first-order valence-electron chi connectivity index (χ1n) is 7.97. The van der Waals surface area contributed by atoms with Crippen LogP contribution < -0.4 is 16.6 Å². The van der Waals surface area contributed by atoms with Gasteiger partial charge in [0, 0.05) is 20.5 Å². The predicted octanol–water partition coefficient (Wildman–Crippen LogP) is -1.63. The van der Waals surface area contributed by atoms with Crippen LogP contribution in [-0.4, -0.2) is 47.9 Å². The second-order valence-electron chi connectivity index (χ2n) is 5.76. The number of fused-ring (bicyclic) bond motifs is 1. The minimum Gasteiger partial charge on any atom is -0.390 e. The Balaban J connectivity index is 2.50. The summed E-state index contributed by atoms with van der Waals surface area (Å²) in [4.78, 5) is 41.3. The van der Waals surface area contributed by atoms with Crippen molar-refractivity contribution in [3.8, 4) is 11.8 Å². The number of aryl methyl sites for hydroxylation is 1. The molecule has 0 radical (unpaired) electrons. The number of aliphatic hydroxyl groups is 2. The van der Waals surface area contributed by atoms with Crippen molar-refractivity contribution in [1.29, 1.82) is 0 Å². The Labute approximate surface area is 148 Å². The number of nitrogens with one attached hydrogen (secondary N) is 2. The van der Waals surface area contributed by atoms with Gasteiger partial charge in [0.15, 0.2) is 11.2 Å². The van der Waals surface area contributed by atoms with E-state index in [1.807, 2.05) is 0 Å². The first-order valence-corrected chi connectivity index (χ1v) is 7.97. The molecule has 2 unspecified atom stereocenters. The molecule has 2 aromatic rings. The molecule has 0 saturated carbocycles. The number of carbonyl (C=O) groups excluding carboxylic acids is 1. The molecule has 10 nitrogen and oxygen atoms in total. The lowest BCUT2D eigenvalue weighted by atomic mass is 10.1. The number of nitrogens with zero attached hydrogens (tertiary/aromatic N) is 3. The summed E-state index contributed by atoms with van der Waals surface area (Å²) in [5.41, 5.74) is -1.13. The highest BCUT2D eigenvalue weighted by Crippen LogP contribution is 2.21. The molecule has 140 valence electrons. The lowest BCUT2D eigenvalue weighted by Gasteiger charge is -2.18. The van der Waals surface area contributed by atoms with Gasteiger partial charge >= 0.3 is 5.69 Å². The number of hydrogen-bond acceptors (Lipinski definition) is 6. The Morgan fingerprint density at radius 3 is 2.69 bits per heavy atom. The minimum atomic E-state index is -1.43. The number of aliphatic hydroxyl groups excluding tert-OH is 2. The Morgan fingerprint density at radius 1 is 1.38 bits per heavy atom. The van der Waals surface area contributed by atoms with Crippen LogP contribution in [0.1, 0.15) is 32.2 Å². The van der Waals surface area contributed by atoms with E-state index in [1.165, 1.54) is 18.5 Å². The molecule has 0 bridgehead atoms. The van der Waals surface area contributed by atoms with Gasteiger partial charge in [-0.2, -0.15) is 0 Å². The smallest absolute Gasteiger partial charge is 0.329 e. The van der Waals surface area contributed by atoms with Gasteiger partial charge in [-0.25, -0.2) is 9.78 Å². The third kappa shape index (κ3) is 3.84. The predicted molar refractivity (Wildman–Crippen MR) is 93.3 cm³/mol. The zero-order valence-electron chi connectivity index (χ0n) is 14.7. The van der Waals surface area contributed by atoms with Crippen molar-refractivity contribution in [3.05, 3.63) is 26.7 Å². The Morgan fingerprint density at radius 2 is 2.08 bits per heavy atom. The van der Waals surface area contributed by atoms with E-state index in [2.05, 4.69) is 27.1 Å². The van der Waals surface area contributed by atoms with Crippen LogP contribution in [0.2, 0.25) is 0 Å². The van der Waals surface area contributed by atoms with E-state index in [-0.39, 0.29) is 42.4 Å². The standard InChI is InChI=1S/C16H21N5O5/c1-4-5-8-21-11-13(20(3)16(26)19-15(11)25)18-14(21)12(24)10(23)6-7-17-9(2)22/h10,12,23-24H,6-8H2,1-3H3,(H,17,22)(H,19,25,26). The van der Waals surface area contributed by atoms with Gasteiger partial charge in [-0.15, -0.1) is 5.92 Å². The maximum atomic E-state index is 12.2. The highest BCUT2D eigenvalue weighted by Gasteiger charge is 2.26. The molecule has 2 atom stereocenters. The number of H-pyrrole nitrogens is 1. The normalized spacial score (nSPS) is 13.1.